The van der Waals surface area contributed by atoms with Gasteiger partial charge >= 0.3 is 0 Å². The average Bonchev–Trinajstić information content (AvgIpc) is 2.08. The SMILES string of the molecule is COC1CC(C)(C)CN(C(C)C)C1=O. The van der Waals surface area contributed by atoms with Gasteiger partial charge < -0.3 is 9.64 Å². The van der Waals surface area contributed by atoms with Gasteiger partial charge in [0, 0.05) is 19.7 Å². The summed E-state index contributed by atoms with van der Waals surface area (Å²) in [5, 5.41) is 0. The van der Waals surface area contributed by atoms with Gasteiger partial charge in [0.1, 0.15) is 6.10 Å². The second-order valence-corrected chi connectivity index (χ2v) is 5.15. The number of amides is 1. The van der Waals surface area contributed by atoms with E-state index in [1.54, 1.807) is 7.11 Å². The molecule has 1 amide bonds. The minimum absolute atomic E-state index is 0.141. The summed E-state index contributed by atoms with van der Waals surface area (Å²) in [5.41, 5.74) is 0.166. The van der Waals surface area contributed by atoms with Crippen LogP contribution in [-0.2, 0) is 9.53 Å². The highest BCUT2D eigenvalue weighted by atomic mass is 16.5. The van der Waals surface area contributed by atoms with Crippen LogP contribution in [0.15, 0.2) is 0 Å². The predicted octanol–water partition coefficient (Wildman–Crippen LogP) is 1.67. The Hall–Kier alpha value is -0.570. The standard InChI is InChI=1S/C11H21NO2/c1-8(2)12-7-11(3,4)6-9(14-5)10(12)13/h8-9H,6-7H2,1-5H3. The maximum absolute atomic E-state index is 11.9. The maximum atomic E-state index is 11.9. The van der Waals surface area contributed by atoms with E-state index in [9.17, 15) is 4.79 Å². The van der Waals surface area contributed by atoms with Crippen LogP contribution < -0.4 is 0 Å². The Labute approximate surface area is 86.4 Å². The lowest BCUT2D eigenvalue weighted by molar-refractivity contribution is -0.154. The number of hydrogen-bond donors (Lipinski definition) is 0. The maximum Gasteiger partial charge on any atom is 0.251 e. The highest BCUT2D eigenvalue weighted by Gasteiger charge is 2.39. The molecule has 0 aromatic rings. The zero-order valence-corrected chi connectivity index (χ0v) is 9.83. The number of carbonyl (C=O) groups is 1. The Morgan fingerprint density at radius 2 is 2.07 bits per heavy atom. The second-order valence-electron chi connectivity index (χ2n) is 5.15. The molecule has 3 heteroatoms. The molecule has 1 aliphatic rings. The van der Waals surface area contributed by atoms with Crippen molar-refractivity contribution < 1.29 is 9.53 Å². The quantitative estimate of drug-likeness (QED) is 0.677. The predicted molar refractivity (Wildman–Crippen MR) is 56.0 cm³/mol. The van der Waals surface area contributed by atoms with Gasteiger partial charge in [-0.05, 0) is 25.7 Å². The van der Waals surface area contributed by atoms with E-state index in [1.807, 2.05) is 18.7 Å². The Kier molecular flexibility index (Phi) is 3.20. The molecule has 14 heavy (non-hydrogen) atoms. The van der Waals surface area contributed by atoms with Crippen LogP contribution in [0.5, 0.6) is 0 Å². The summed E-state index contributed by atoms with van der Waals surface area (Å²) in [4.78, 5) is 13.8. The van der Waals surface area contributed by atoms with Crippen molar-refractivity contribution in [3.8, 4) is 0 Å². The van der Waals surface area contributed by atoms with Gasteiger partial charge in [-0.1, -0.05) is 13.8 Å². The summed E-state index contributed by atoms with van der Waals surface area (Å²) in [6, 6.07) is 0.264. The number of likely N-dealkylation sites (tertiary alicyclic amines) is 1. The van der Waals surface area contributed by atoms with Crippen LogP contribution in [-0.4, -0.2) is 36.6 Å². The number of piperidine rings is 1. The van der Waals surface area contributed by atoms with E-state index in [-0.39, 0.29) is 23.5 Å². The van der Waals surface area contributed by atoms with Gasteiger partial charge in [0.15, 0.2) is 0 Å². The molecule has 1 unspecified atom stereocenters. The third-order valence-electron chi connectivity index (χ3n) is 2.80. The van der Waals surface area contributed by atoms with Crippen molar-refractivity contribution in [2.24, 2.45) is 5.41 Å². The zero-order valence-electron chi connectivity index (χ0n) is 9.83. The molecular weight excluding hydrogens is 178 g/mol. The largest absolute Gasteiger partial charge is 0.372 e. The first-order valence-corrected chi connectivity index (χ1v) is 5.20. The van der Waals surface area contributed by atoms with Gasteiger partial charge in [-0.25, -0.2) is 0 Å². The molecular formula is C11H21NO2. The smallest absolute Gasteiger partial charge is 0.251 e. The summed E-state index contributed by atoms with van der Waals surface area (Å²) in [6.07, 6.45) is 0.576. The molecule has 1 fully saturated rings. The topological polar surface area (TPSA) is 29.5 Å². The monoisotopic (exact) mass is 199 g/mol. The van der Waals surface area contributed by atoms with Crippen molar-refractivity contribution in [1.82, 2.24) is 4.90 Å². The van der Waals surface area contributed by atoms with Gasteiger partial charge in [0.05, 0.1) is 0 Å². The Morgan fingerprint density at radius 3 is 2.50 bits per heavy atom. The summed E-state index contributed by atoms with van der Waals surface area (Å²) in [6.45, 7) is 9.29. The van der Waals surface area contributed by atoms with Gasteiger partial charge in [-0.3, -0.25) is 4.79 Å². The minimum Gasteiger partial charge on any atom is -0.372 e. The van der Waals surface area contributed by atoms with Crippen molar-refractivity contribution in [3.63, 3.8) is 0 Å². The molecule has 3 nitrogen and oxygen atoms in total. The number of rotatable bonds is 2. The normalized spacial score (nSPS) is 27.1. The Balaban J connectivity index is 2.82. The first-order chi connectivity index (χ1) is 6.37. The van der Waals surface area contributed by atoms with Crippen molar-refractivity contribution in [1.29, 1.82) is 0 Å². The Bertz CT molecular complexity index is 223. The number of nitrogens with zero attached hydrogens (tertiary/aromatic N) is 1. The lowest BCUT2D eigenvalue weighted by Crippen LogP contribution is -2.54. The van der Waals surface area contributed by atoms with E-state index in [2.05, 4.69) is 13.8 Å². The Morgan fingerprint density at radius 1 is 1.50 bits per heavy atom. The third-order valence-corrected chi connectivity index (χ3v) is 2.80. The molecule has 1 rings (SSSR count). The molecule has 0 aromatic heterocycles. The van der Waals surface area contributed by atoms with Gasteiger partial charge in [0.25, 0.3) is 5.91 Å². The van der Waals surface area contributed by atoms with Crippen LogP contribution in [0.3, 0.4) is 0 Å². The first-order valence-electron chi connectivity index (χ1n) is 5.20. The van der Waals surface area contributed by atoms with E-state index in [1.165, 1.54) is 0 Å². The van der Waals surface area contributed by atoms with Crippen molar-refractivity contribution in [2.45, 2.75) is 46.3 Å². The van der Waals surface area contributed by atoms with Crippen molar-refractivity contribution in [3.05, 3.63) is 0 Å². The van der Waals surface area contributed by atoms with Gasteiger partial charge in [-0.15, -0.1) is 0 Å². The lowest BCUT2D eigenvalue weighted by atomic mass is 9.82. The fraction of sp³-hybridized carbons (Fsp3) is 0.909. The van der Waals surface area contributed by atoms with Gasteiger partial charge in [-0.2, -0.15) is 0 Å². The van der Waals surface area contributed by atoms with Crippen molar-refractivity contribution >= 4 is 5.91 Å². The molecule has 0 bridgehead atoms. The second kappa shape index (κ2) is 3.89. The molecule has 0 aliphatic carbocycles. The number of hydrogen-bond acceptors (Lipinski definition) is 2. The molecule has 1 atom stereocenters. The number of methoxy groups -OCH3 is 1. The molecule has 0 saturated carbocycles. The van der Waals surface area contributed by atoms with Crippen molar-refractivity contribution in [2.75, 3.05) is 13.7 Å². The minimum atomic E-state index is -0.249. The molecule has 1 heterocycles. The first kappa shape index (κ1) is 11.5. The molecule has 0 aromatic carbocycles. The van der Waals surface area contributed by atoms with E-state index >= 15 is 0 Å². The van der Waals surface area contributed by atoms with Crippen LogP contribution in [0.2, 0.25) is 0 Å². The molecule has 0 radical (unpaired) electrons. The number of carbonyl (C=O) groups excluding carboxylic acids is 1. The molecule has 1 aliphatic heterocycles. The summed E-state index contributed by atoms with van der Waals surface area (Å²) < 4.78 is 5.23. The van der Waals surface area contributed by atoms with Gasteiger partial charge in [0.2, 0.25) is 0 Å². The van der Waals surface area contributed by atoms with Crippen LogP contribution in [0.25, 0.3) is 0 Å². The summed E-state index contributed by atoms with van der Waals surface area (Å²) in [7, 11) is 1.61. The zero-order chi connectivity index (χ0) is 10.9. The van der Waals surface area contributed by atoms with Crippen LogP contribution in [0, 0.1) is 5.41 Å². The van der Waals surface area contributed by atoms with E-state index in [4.69, 9.17) is 4.74 Å². The van der Waals surface area contributed by atoms with E-state index < -0.39 is 0 Å². The average molecular weight is 199 g/mol. The van der Waals surface area contributed by atoms with Crippen LogP contribution in [0.4, 0.5) is 0 Å². The summed E-state index contributed by atoms with van der Waals surface area (Å²) >= 11 is 0. The fourth-order valence-electron chi connectivity index (χ4n) is 2.00. The van der Waals surface area contributed by atoms with Crippen LogP contribution in [0.1, 0.15) is 34.1 Å². The molecule has 0 spiro atoms. The highest BCUT2D eigenvalue weighted by Crippen LogP contribution is 2.31. The lowest BCUT2D eigenvalue weighted by Gasteiger charge is -2.43. The van der Waals surface area contributed by atoms with Crippen LogP contribution >= 0.6 is 0 Å². The molecule has 82 valence electrons. The van der Waals surface area contributed by atoms with E-state index in [0.717, 1.165) is 13.0 Å². The van der Waals surface area contributed by atoms with E-state index in [0.29, 0.717) is 0 Å². The fourth-order valence-corrected chi connectivity index (χ4v) is 2.00. The summed E-state index contributed by atoms with van der Waals surface area (Å²) in [5.74, 6) is 0.141. The molecule has 0 N–H and O–H groups in total. The highest BCUT2D eigenvalue weighted by molar-refractivity contribution is 5.82. The third kappa shape index (κ3) is 2.27. The molecule has 1 saturated heterocycles. The number of ether oxygens (including phenoxy) is 1.